The minimum atomic E-state index is -3.69. The number of sulfone groups is 1. The molecule has 3 N–H and O–H groups in total. The van der Waals surface area contributed by atoms with Gasteiger partial charge in [0.15, 0.2) is 20.7 Å². The maximum absolute atomic E-state index is 12.5. The molecule has 2 heterocycles. The molecule has 0 saturated heterocycles. The number of aromatic nitrogens is 3. The largest absolute Gasteiger partial charge is 0.380 e. The lowest BCUT2D eigenvalue weighted by atomic mass is 10.2. The van der Waals surface area contributed by atoms with Crippen LogP contribution in [0.25, 0.3) is 11.0 Å². The first-order valence-electron chi connectivity index (χ1n) is 6.14. The molecule has 0 fully saturated rings. The van der Waals surface area contributed by atoms with E-state index < -0.39 is 9.84 Å². The van der Waals surface area contributed by atoms with Crippen molar-refractivity contribution < 1.29 is 8.42 Å². The zero-order valence-electron chi connectivity index (χ0n) is 11.0. The van der Waals surface area contributed by atoms with Gasteiger partial charge in [-0.3, -0.25) is 5.10 Å². The van der Waals surface area contributed by atoms with E-state index in [-0.39, 0.29) is 16.6 Å². The number of pyridine rings is 1. The summed E-state index contributed by atoms with van der Waals surface area (Å²) in [4.78, 5) is 4.07. The number of hydrogen-bond acceptors (Lipinski definition) is 5. The molecule has 9 heteroatoms. The van der Waals surface area contributed by atoms with Crippen LogP contribution in [-0.4, -0.2) is 23.6 Å². The van der Waals surface area contributed by atoms with Crippen molar-refractivity contribution in [1.29, 1.82) is 0 Å². The molecule has 0 aliphatic heterocycles. The molecule has 3 aromatic rings. The smallest absolute Gasteiger partial charge is 0.199 e. The number of nitrogen functional groups attached to an aromatic ring is 1. The third kappa shape index (κ3) is 2.75. The summed E-state index contributed by atoms with van der Waals surface area (Å²) in [5, 5.41) is 7.10. The second-order valence-electron chi connectivity index (χ2n) is 4.65. The van der Waals surface area contributed by atoms with E-state index in [9.17, 15) is 8.42 Å². The van der Waals surface area contributed by atoms with Gasteiger partial charge in [0.2, 0.25) is 0 Å². The number of fused-ring (bicyclic) bond motifs is 1. The van der Waals surface area contributed by atoms with Crippen molar-refractivity contribution in [2.45, 2.75) is 10.8 Å². The van der Waals surface area contributed by atoms with Crippen LogP contribution >= 0.6 is 23.2 Å². The Bertz CT molecular complexity index is 969. The van der Waals surface area contributed by atoms with Gasteiger partial charge in [-0.2, -0.15) is 5.10 Å². The molecular weight excluding hydrogens is 347 g/mol. The normalized spacial score (nSPS) is 11.9. The van der Waals surface area contributed by atoms with Crippen molar-refractivity contribution in [3.8, 4) is 0 Å². The number of nitrogens with one attached hydrogen (secondary N) is 1. The summed E-state index contributed by atoms with van der Waals surface area (Å²) in [7, 11) is -3.69. The number of rotatable bonds is 3. The number of H-pyrrole nitrogens is 1. The van der Waals surface area contributed by atoms with Gasteiger partial charge in [0.05, 0.1) is 11.3 Å². The minimum Gasteiger partial charge on any atom is -0.380 e. The molecule has 6 nitrogen and oxygen atoms in total. The van der Waals surface area contributed by atoms with Crippen LogP contribution < -0.4 is 5.73 Å². The Labute approximate surface area is 136 Å². The third-order valence-electron chi connectivity index (χ3n) is 3.08. The van der Waals surface area contributed by atoms with Crippen molar-refractivity contribution in [3.63, 3.8) is 0 Å². The summed E-state index contributed by atoms with van der Waals surface area (Å²) >= 11 is 11.9. The molecule has 0 amide bonds. The molecule has 1 aromatic carbocycles. The molecule has 22 heavy (non-hydrogen) atoms. The molecular formula is C13H10Cl2N4O2S. The molecule has 0 saturated carbocycles. The fourth-order valence-corrected chi connectivity index (χ4v) is 3.77. The first kappa shape index (κ1) is 15.1. The topological polar surface area (TPSA) is 102 Å². The van der Waals surface area contributed by atoms with E-state index in [1.165, 1.54) is 12.1 Å². The zero-order valence-corrected chi connectivity index (χ0v) is 13.4. The van der Waals surface area contributed by atoms with E-state index in [2.05, 4.69) is 15.2 Å². The van der Waals surface area contributed by atoms with E-state index in [1.807, 2.05) is 0 Å². The fourth-order valence-electron chi connectivity index (χ4n) is 2.01. The average molecular weight is 357 g/mol. The average Bonchev–Trinajstić information content (AvgIpc) is 2.84. The van der Waals surface area contributed by atoms with Gasteiger partial charge < -0.3 is 5.73 Å². The van der Waals surface area contributed by atoms with Crippen LogP contribution in [0.15, 0.2) is 35.4 Å². The molecule has 2 aromatic heterocycles. The molecule has 0 radical (unpaired) electrons. The van der Waals surface area contributed by atoms with Crippen molar-refractivity contribution in [3.05, 3.63) is 45.9 Å². The van der Waals surface area contributed by atoms with E-state index in [0.29, 0.717) is 26.6 Å². The number of halogens is 2. The molecule has 0 bridgehead atoms. The highest BCUT2D eigenvalue weighted by Crippen LogP contribution is 2.26. The lowest BCUT2D eigenvalue weighted by molar-refractivity contribution is 0.592. The van der Waals surface area contributed by atoms with Gasteiger partial charge in [-0.05, 0) is 35.9 Å². The van der Waals surface area contributed by atoms with Gasteiger partial charge in [-0.25, -0.2) is 13.4 Å². The monoisotopic (exact) mass is 356 g/mol. The Morgan fingerprint density at radius 1 is 1.18 bits per heavy atom. The van der Waals surface area contributed by atoms with Crippen molar-refractivity contribution >= 4 is 49.9 Å². The lowest BCUT2D eigenvalue weighted by Gasteiger charge is -2.06. The first-order chi connectivity index (χ1) is 10.4. The summed E-state index contributed by atoms with van der Waals surface area (Å²) in [6, 6.07) is 7.63. The standard InChI is InChI=1S/C13H10Cl2N4O2S/c14-8-1-2-9(15)7(5-8)6-22(20,21)11-4-3-10-12(17-11)13(16)19-18-10/h1-5H,6H2,(H3,16,18,19). The second-order valence-corrected chi connectivity index (χ2v) is 7.43. The third-order valence-corrected chi connectivity index (χ3v) is 5.24. The number of nitrogens with two attached hydrogens (primary N) is 1. The molecule has 3 rings (SSSR count). The number of benzene rings is 1. The summed E-state index contributed by atoms with van der Waals surface area (Å²) in [6.07, 6.45) is 0. The van der Waals surface area contributed by atoms with Crippen LogP contribution in [0, 0.1) is 0 Å². The van der Waals surface area contributed by atoms with Gasteiger partial charge in [0, 0.05) is 10.0 Å². The molecule has 0 unspecified atom stereocenters. The summed E-state index contributed by atoms with van der Waals surface area (Å²) < 4.78 is 25.0. The Hall–Kier alpha value is -1.83. The predicted octanol–water partition coefficient (Wildman–Crippen LogP) is 2.82. The van der Waals surface area contributed by atoms with Crippen LogP contribution in [0.2, 0.25) is 10.0 Å². The van der Waals surface area contributed by atoms with Crippen LogP contribution in [-0.2, 0) is 15.6 Å². The highest BCUT2D eigenvalue weighted by molar-refractivity contribution is 7.90. The van der Waals surface area contributed by atoms with Gasteiger partial charge in [-0.1, -0.05) is 23.2 Å². The van der Waals surface area contributed by atoms with Gasteiger partial charge in [0.25, 0.3) is 0 Å². The Kier molecular flexibility index (Phi) is 3.72. The lowest BCUT2D eigenvalue weighted by Crippen LogP contribution is -2.07. The summed E-state index contributed by atoms with van der Waals surface area (Å²) in [5.74, 6) is -0.157. The molecule has 0 spiro atoms. The highest BCUT2D eigenvalue weighted by atomic mass is 35.5. The quantitative estimate of drug-likeness (QED) is 0.751. The predicted molar refractivity (Wildman–Crippen MR) is 85.7 cm³/mol. The molecule has 0 atom stereocenters. The minimum absolute atomic E-state index is 0.0934. The maximum Gasteiger partial charge on any atom is 0.199 e. The molecule has 114 valence electrons. The van der Waals surface area contributed by atoms with Gasteiger partial charge in [-0.15, -0.1) is 0 Å². The Balaban J connectivity index is 2.04. The van der Waals surface area contributed by atoms with E-state index in [1.54, 1.807) is 18.2 Å². The summed E-state index contributed by atoms with van der Waals surface area (Å²) in [6.45, 7) is 0. The number of nitrogens with zero attached hydrogens (tertiary/aromatic N) is 2. The fraction of sp³-hybridized carbons (Fsp3) is 0.0769. The van der Waals surface area contributed by atoms with Crippen LogP contribution in [0.5, 0.6) is 0 Å². The van der Waals surface area contributed by atoms with Crippen molar-refractivity contribution in [2.24, 2.45) is 0 Å². The molecule has 0 aliphatic carbocycles. The summed E-state index contributed by atoms with van der Waals surface area (Å²) in [5.41, 5.74) is 6.94. The Morgan fingerprint density at radius 2 is 1.95 bits per heavy atom. The molecule has 0 aliphatic rings. The van der Waals surface area contributed by atoms with E-state index >= 15 is 0 Å². The van der Waals surface area contributed by atoms with Gasteiger partial charge in [0.1, 0.15) is 5.52 Å². The van der Waals surface area contributed by atoms with Crippen LogP contribution in [0.4, 0.5) is 5.82 Å². The van der Waals surface area contributed by atoms with Crippen molar-refractivity contribution in [1.82, 2.24) is 15.2 Å². The maximum atomic E-state index is 12.5. The SMILES string of the molecule is Nc1n[nH]c2ccc(S(=O)(=O)Cc3cc(Cl)ccc3Cl)nc12. The van der Waals surface area contributed by atoms with Crippen LogP contribution in [0.1, 0.15) is 5.56 Å². The second kappa shape index (κ2) is 5.42. The van der Waals surface area contributed by atoms with E-state index in [0.717, 1.165) is 0 Å². The zero-order chi connectivity index (χ0) is 15.9. The highest BCUT2D eigenvalue weighted by Gasteiger charge is 2.20. The number of hydrogen-bond donors (Lipinski definition) is 2. The first-order valence-corrected chi connectivity index (χ1v) is 8.55. The van der Waals surface area contributed by atoms with Crippen LogP contribution in [0.3, 0.4) is 0 Å². The van der Waals surface area contributed by atoms with Crippen molar-refractivity contribution in [2.75, 3.05) is 5.73 Å². The number of anilines is 1. The van der Waals surface area contributed by atoms with Gasteiger partial charge >= 0.3 is 0 Å². The van der Waals surface area contributed by atoms with E-state index in [4.69, 9.17) is 28.9 Å². The number of aromatic amines is 1. The Morgan fingerprint density at radius 3 is 2.73 bits per heavy atom.